The van der Waals surface area contributed by atoms with Gasteiger partial charge in [-0.1, -0.05) is 30.4 Å². The highest BCUT2D eigenvalue weighted by molar-refractivity contribution is 7.80. The first-order valence-electron chi connectivity index (χ1n) is 7.45. The van der Waals surface area contributed by atoms with Crippen LogP contribution in [0.3, 0.4) is 0 Å². The number of thiocarbonyl (C=S) groups is 1. The minimum Gasteiger partial charge on any atom is -0.457 e. The van der Waals surface area contributed by atoms with E-state index in [4.69, 9.17) is 17.0 Å². The first-order valence-corrected chi connectivity index (χ1v) is 7.86. The van der Waals surface area contributed by atoms with Gasteiger partial charge in [-0.3, -0.25) is 0 Å². The summed E-state index contributed by atoms with van der Waals surface area (Å²) >= 11 is 5.60. The molecule has 1 fully saturated rings. The second kappa shape index (κ2) is 6.72. The normalized spacial score (nSPS) is 14.8. The number of para-hydroxylation sites is 1. The van der Waals surface area contributed by atoms with E-state index < -0.39 is 0 Å². The van der Waals surface area contributed by atoms with Crippen LogP contribution in [0.15, 0.2) is 54.6 Å². The summed E-state index contributed by atoms with van der Waals surface area (Å²) in [6.07, 6.45) is 3.81. The van der Waals surface area contributed by atoms with Crippen LogP contribution in [0.4, 0.5) is 0 Å². The van der Waals surface area contributed by atoms with Crippen molar-refractivity contribution < 1.29 is 4.74 Å². The molecule has 0 radical (unpaired) electrons. The fourth-order valence-corrected chi connectivity index (χ4v) is 2.89. The molecule has 2 aromatic carbocycles. The molecule has 1 aliphatic heterocycles. The molecule has 1 aliphatic rings. The van der Waals surface area contributed by atoms with Crippen LogP contribution in [0.5, 0.6) is 11.5 Å². The molecule has 0 bridgehead atoms. The van der Waals surface area contributed by atoms with Gasteiger partial charge >= 0.3 is 0 Å². The van der Waals surface area contributed by atoms with E-state index in [1.165, 1.54) is 19.3 Å². The van der Waals surface area contributed by atoms with Crippen LogP contribution in [0.2, 0.25) is 0 Å². The summed E-state index contributed by atoms with van der Waals surface area (Å²) in [5.41, 5.74) is 1.10. The van der Waals surface area contributed by atoms with Gasteiger partial charge in [0.2, 0.25) is 0 Å². The third-order valence-corrected chi connectivity index (χ3v) is 4.22. The van der Waals surface area contributed by atoms with Crippen LogP contribution in [0.25, 0.3) is 0 Å². The topological polar surface area (TPSA) is 12.5 Å². The van der Waals surface area contributed by atoms with Crippen molar-refractivity contribution in [3.05, 3.63) is 60.2 Å². The highest BCUT2D eigenvalue weighted by Crippen LogP contribution is 2.22. The Kier molecular flexibility index (Phi) is 4.51. The average molecular weight is 297 g/mol. The smallest absolute Gasteiger partial charge is 0.127 e. The summed E-state index contributed by atoms with van der Waals surface area (Å²) < 4.78 is 5.80. The number of nitrogens with zero attached hydrogens (tertiary/aromatic N) is 1. The zero-order valence-corrected chi connectivity index (χ0v) is 12.8. The Labute approximate surface area is 131 Å². The number of ether oxygens (including phenoxy) is 1. The number of likely N-dealkylation sites (tertiary alicyclic amines) is 1. The molecule has 1 saturated heterocycles. The highest BCUT2D eigenvalue weighted by atomic mass is 32.1. The second-order valence-electron chi connectivity index (χ2n) is 5.29. The quantitative estimate of drug-likeness (QED) is 0.766. The van der Waals surface area contributed by atoms with Gasteiger partial charge in [-0.25, -0.2) is 0 Å². The average Bonchev–Trinajstić information content (AvgIpc) is 2.57. The molecule has 3 rings (SSSR count). The zero-order chi connectivity index (χ0) is 14.5. The van der Waals surface area contributed by atoms with Crippen molar-refractivity contribution in [2.75, 3.05) is 13.1 Å². The molecule has 21 heavy (non-hydrogen) atoms. The van der Waals surface area contributed by atoms with E-state index in [9.17, 15) is 0 Å². The van der Waals surface area contributed by atoms with E-state index >= 15 is 0 Å². The van der Waals surface area contributed by atoms with Gasteiger partial charge in [0.15, 0.2) is 0 Å². The number of rotatable bonds is 3. The molecular weight excluding hydrogens is 278 g/mol. The van der Waals surface area contributed by atoms with Crippen molar-refractivity contribution >= 4 is 17.2 Å². The van der Waals surface area contributed by atoms with E-state index in [-0.39, 0.29) is 0 Å². The van der Waals surface area contributed by atoms with Crippen LogP contribution < -0.4 is 4.74 Å². The van der Waals surface area contributed by atoms with Gasteiger partial charge in [-0.2, -0.15) is 0 Å². The number of hydrogen-bond donors (Lipinski definition) is 0. The van der Waals surface area contributed by atoms with E-state index in [1.54, 1.807) is 0 Å². The van der Waals surface area contributed by atoms with Crippen molar-refractivity contribution in [1.29, 1.82) is 0 Å². The lowest BCUT2D eigenvalue weighted by Crippen LogP contribution is -2.34. The molecule has 0 amide bonds. The Balaban J connectivity index is 1.67. The Morgan fingerprint density at radius 2 is 1.43 bits per heavy atom. The monoisotopic (exact) mass is 297 g/mol. The largest absolute Gasteiger partial charge is 0.457 e. The third-order valence-electron chi connectivity index (χ3n) is 3.72. The summed E-state index contributed by atoms with van der Waals surface area (Å²) in [4.78, 5) is 3.27. The van der Waals surface area contributed by atoms with E-state index in [0.29, 0.717) is 0 Å². The summed E-state index contributed by atoms with van der Waals surface area (Å²) in [6, 6.07) is 17.9. The number of piperidine rings is 1. The van der Waals surface area contributed by atoms with Gasteiger partial charge < -0.3 is 9.64 Å². The molecule has 0 saturated carbocycles. The maximum Gasteiger partial charge on any atom is 0.127 e. The van der Waals surface area contributed by atoms with Crippen molar-refractivity contribution in [2.45, 2.75) is 19.3 Å². The van der Waals surface area contributed by atoms with Crippen molar-refractivity contribution in [3.8, 4) is 11.5 Å². The Bertz CT molecular complexity index is 588. The first-order chi connectivity index (χ1) is 10.3. The molecule has 0 unspecified atom stereocenters. The van der Waals surface area contributed by atoms with Gasteiger partial charge in [0.05, 0.1) is 0 Å². The number of hydrogen-bond acceptors (Lipinski definition) is 2. The lowest BCUT2D eigenvalue weighted by molar-refractivity contribution is 0.347. The molecule has 0 atom stereocenters. The van der Waals surface area contributed by atoms with Gasteiger partial charge in [0, 0.05) is 18.7 Å². The fourth-order valence-electron chi connectivity index (χ4n) is 2.57. The minimum atomic E-state index is 0.839. The second-order valence-corrected chi connectivity index (χ2v) is 5.68. The van der Waals surface area contributed by atoms with Crippen LogP contribution >= 0.6 is 12.2 Å². The van der Waals surface area contributed by atoms with E-state index in [0.717, 1.165) is 35.1 Å². The van der Waals surface area contributed by atoms with Crippen molar-refractivity contribution in [2.24, 2.45) is 0 Å². The fraction of sp³-hybridized carbons (Fsp3) is 0.278. The van der Waals surface area contributed by atoms with Crippen molar-refractivity contribution in [3.63, 3.8) is 0 Å². The lowest BCUT2D eigenvalue weighted by Gasteiger charge is -2.29. The third kappa shape index (κ3) is 3.61. The maximum absolute atomic E-state index is 5.80. The summed E-state index contributed by atoms with van der Waals surface area (Å²) in [7, 11) is 0. The summed E-state index contributed by atoms with van der Waals surface area (Å²) in [6.45, 7) is 2.17. The van der Waals surface area contributed by atoms with Crippen LogP contribution in [0.1, 0.15) is 24.8 Å². The predicted molar refractivity (Wildman–Crippen MR) is 90.1 cm³/mol. The maximum atomic E-state index is 5.80. The molecule has 0 aliphatic carbocycles. The van der Waals surface area contributed by atoms with Gasteiger partial charge in [-0.05, 0) is 55.7 Å². The molecule has 2 nitrogen and oxygen atoms in total. The van der Waals surface area contributed by atoms with Gasteiger partial charge in [0.25, 0.3) is 0 Å². The molecule has 108 valence electrons. The van der Waals surface area contributed by atoms with Gasteiger partial charge in [-0.15, -0.1) is 0 Å². The predicted octanol–water partition coefficient (Wildman–Crippen LogP) is 4.64. The summed E-state index contributed by atoms with van der Waals surface area (Å²) in [5, 5.41) is 0. The molecule has 3 heteroatoms. The number of benzene rings is 2. The molecule has 0 spiro atoms. The molecular formula is C18H19NOS. The Morgan fingerprint density at radius 3 is 2.10 bits per heavy atom. The molecule has 0 aromatic heterocycles. The Hall–Kier alpha value is -1.87. The molecule has 1 heterocycles. The molecule has 0 N–H and O–H groups in total. The van der Waals surface area contributed by atoms with E-state index in [2.05, 4.69) is 17.0 Å². The van der Waals surface area contributed by atoms with Crippen LogP contribution in [-0.4, -0.2) is 23.0 Å². The van der Waals surface area contributed by atoms with Crippen LogP contribution in [-0.2, 0) is 0 Å². The standard InChI is InChI=1S/C18H19NOS/c21-18(19-13-5-2-6-14-19)15-9-11-17(12-10-15)20-16-7-3-1-4-8-16/h1,3-4,7-12H,2,5-6,13-14H2. The van der Waals surface area contributed by atoms with E-state index in [1.807, 2.05) is 42.5 Å². The summed E-state index contributed by atoms with van der Waals surface area (Å²) in [5.74, 6) is 1.69. The Morgan fingerprint density at radius 1 is 0.810 bits per heavy atom. The lowest BCUT2D eigenvalue weighted by atomic mass is 10.1. The SMILES string of the molecule is S=C(c1ccc(Oc2ccccc2)cc1)N1CCCCC1. The zero-order valence-electron chi connectivity index (χ0n) is 12.0. The minimum absolute atomic E-state index is 0.839. The van der Waals surface area contributed by atoms with Crippen molar-refractivity contribution in [1.82, 2.24) is 4.90 Å². The molecule has 2 aromatic rings. The van der Waals surface area contributed by atoms with Crippen LogP contribution in [0, 0.1) is 0 Å². The first kappa shape index (κ1) is 14.1. The highest BCUT2D eigenvalue weighted by Gasteiger charge is 2.14. The van der Waals surface area contributed by atoms with Gasteiger partial charge in [0.1, 0.15) is 16.5 Å².